The molecule has 1 N–H and O–H groups in total. The van der Waals surface area contributed by atoms with Crippen LogP contribution in [0.2, 0.25) is 5.02 Å². The first-order valence-electron chi connectivity index (χ1n) is 9.42. The number of carbonyl (C=O) groups is 1. The Hall–Kier alpha value is -3.18. The number of aromatic nitrogens is 3. The number of pyridine rings is 1. The Balaban J connectivity index is 1.59. The number of fused-ring (bicyclic) bond motifs is 1. The molecule has 0 bridgehead atoms. The van der Waals surface area contributed by atoms with E-state index in [9.17, 15) is 4.79 Å². The summed E-state index contributed by atoms with van der Waals surface area (Å²) in [6.07, 6.45) is 1.80. The number of benzene rings is 2. The van der Waals surface area contributed by atoms with Crippen molar-refractivity contribution < 1.29 is 4.79 Å². The molecule has 2 aromatic heterocycles. The fraction of sp³-hybridized carbons (Fsp3) is 0.174. The molecule has 0 spiro atoms. The molecule has 2 aromatic carbocycles. The van der Waals surface area contributed by atoms with Crippen molar-refractivity contribution in [2.45, 2.75) is 26.8 Å². The quantitative estimate of drug-likeness (QED) is 0.511. The number of nitrogens with zero attached hydrogens (tertiary/aromatic N) is 3. The van der Waals surface area contributed by atoms with E-state index in [2.05, 4.69) is 41.5 Å². The SMILES string of the molecule is Cc1ccc([C@@H](C)NC(=O)c2ccn3c(-c4ccccc4Cl)nnc3c2)cc1C. The molecule has 146 valence electrons. The number of hydrogen-bond donors (Lipinski definition) is 1. The summed E-state index contributed by atoms with van der Waals surface area (Å²) < 4.78 is 1.82. The zero-order chi connectivity index (χ0) is 20.5. The van der Waals surface area contributed by atoms with Gasteiger partial charge in [0.2, 0.25) is 0 Å². The van der Waals surface area contributed by atoms with Gasteiger partial charge < -0.3 is 5.32 Å². The average Bonchev–Trinajstić information content (AvgIpc) is 3.13. The molecule has 2 heterocycles. The fourth-order valence-electron chi connectivity index (χ4n) is 3.26. The van der Waals surface area contributed by atoms with Gasteiger partial charge >= 0.3 is 0 Å². The van der Waals surface area contributed by atoms with Crippen LogP contribution in [0, 0.1) is 13.8 Å². The summed E-state index contributed by atoms with van der Waals surface area (Å²) in [4.78, 5) is 12.8. The van der Waals surface area contributed by atoms with Gasteiger partial charge in [0.05, 0.1) is 11.1 Å². The largest absolute Gasteiger partial charge is 0.346 e. The number of hydrogen-bond acceptors (Lipinski definition) is 3. The minimum Gasteiger partial charge on any atom is -0.346 e. The van der Waals surface area contributed by atoms with Crippen LogP contribution in [0.1, 0.15) is 40.0 Å². The Bertz CT molecular complexity index is 1210. The van der Waals surface area contributed by atoms with E-state index in [0.29, 0.717) is 22.1 Å². The smallest absolute Gasteiger partial charge is 0.251 e. The van der Waals surface area contributed by atoms with E-state index in [0.717, 1.165) is 11.1 Å². The monoisotopic (exact) mass is 404 g/mol. The van der Waals surface area contributed by atoms with E-state index in [1.54, 1.807) is 18.3 Å². The lowest BCUT2D eigenvalue weighted by Gasteiger charge is -2.16. The Labute approximate surface area is 174 Å². The first-order chi connectivity index (χ1) is 13.9. The lowest BCUT2D eigenvalue weighted by atomic mass is 10.0. The summed E-state index contributed by atoms with van der Waals surface area (Å²) >= 11 is 6.29. The molecule has 29 heavy (non-hydrogen) atoms. The van der Waals surface area contributed by atoms with Gasteiger partial charge in [0, 0.05) is 17.3 Å². The molecule has 0 unspecified atom stereocenters. The molecule has 0 aliphatic rings. The van der Waals surface area contributed by atoms with Crippen LogP contribution in [0.25, 0.3) is 17.0 Å². The number of aryl methyl sites for hydroxylation is 2. The lowest BCUT2D eigenvalue weighted by Crippen LogP contribution is -2.26. The van der Waals surface area contributed by atoms with Gasteiger partial charge in [-0.3, -0.25) is 9.20 Å². The molecule has 4 aromatic rings. The van der Waals surface area contributed by atoms with E-state index in [-0.39, 0.29) is 11.9 Å². The predicted molar refractivity (Wildman–Crippen MR) is 115 cm³/mol. The van der Waals surface area contributed by atoms with Crippen molar-refractivity contribution in [3.8, 4) is 11.4 Å². The second kappa shape index (κ2) is 7.68. The molecule has 0 saturated carbocycles. The van der Waals surface area contributed by atoms with Gasteiger partial charge in [0.1, 0.15) is 0 Å². The van der Waals surface area contributed by atoms with Crippen LogP contribution in [0.5, 0.6) is 0 Å². The van der Waals surface area contributed by atoms with Crippen molar-refractivity contribution in [2.75, 3.05) is 0 Å². The van der Waals surface area contributed by atoms with E-state index in [1.807, 2.05) is 41.7 Å². The fourth-order valence-corrected chi connectivity index (χ4v) is 3.48. The van der Waals surface area contributed by atoms with Gasteiger partial charge in [0.25, 0.3) is 5.91 Å². The third kappa shape index (κ3) is 3.74. The van der Waals surface area contributed by atoms with Gasteiger partial charge in [-0.1, -0.05) is 41.9 Å². The average molecular weight is 405 g/mol. The second-order valence-corrected chi connectivity index (χ2v) is 7.59. The molecule has 0 aliphatic heterocycles. The van der Waals surface area contributed by atoms with Crippen LogP contribution >= 0.6 is 11.6 Å². The van der Waals surface area contributed by atoms with Crippen molar-refractivity contribution in [3.63, 3.8) is 0 Å². The molecular weight excluding hydrogens is 384 g/mol. The normalized spacial score (nSPS) is 12.1. The minimum absolute atomic E-state index is 0.102. The van der Waals surface area contributed by atoms with Gasteiger partial charge in [-0.15, -0.1) is 10.2 Å². The molecule has 0 aliphatic carbocycles. The van der Waals surface area contributed by atoms with Crippen LogP contribution in [0.15, 0.2) is 60.8 Å². The van der Waals surface area contributed by atoms with Crippen LogP contribution in [-0.4, -0.2) is 20.5 Å². The van der Waals surface area contributed by atoms with E-state index >= 15 is 0 Å². The highest BCUT2D eigenvalue weighted by Gasteiger charge is 2.15. The third-order valence-corrected chi connectivity index (χ3v) is 5.50. The van der Waals surface area contributed by atoms with Crippen molar-refractivity contribution in [3.05, 3.63) is 88.1 Å². The summed E-state index contributed by atoms with van der Waals surface area (Å²) in [6.45, 7) is 6.13. The maximum absolute atomic E-state index is 12.8. The van der Waals surface area contributed by atoms with Gasteiger partial charge in [-0.05, 0) is 61.7 Å². The number of rotatable bonds is 4. The zero-order valence-electron chi connectivity index (χ0n) is 16.5. The number of carbonyl (C=O) groups excluding carboxylic acids is 1. The molecule has 6 heteroatoms. The molecule has 4 rings (SSSR count). The summed E-state index contributed by atoms with van der Waals surface area (Å²) in [6, 6.07) is 17.1. The van der Waals surface area contributed by atoms with E-state index in [4.69, 9.17) is 11.6 Å². The summed E-state index contributed by atoms with van der Waals surface area (Å²) in [7, 11) is 0. The van der Waals surface area contributed by atoms with E-state index in [1.165, 1.54) is 11.1 Å². The highest BCUT2D eigenvalue weighted by atomic mass is 35.5. The van der Waals surface area contributed by atoms with Crippen molar-refractivity contribution in [1.82, 2.24) is 19.9 Å². The summed E-state index contributed by atoms with van der Waals surface area (Å²) in [5, 5.41) is 12.1. The van der Waals surface area contributed by atoms with Crippen LogP contribution < -0.4 is 5.32 Å². The maximum Gasteiger partial charge on any atom is 0.251 e. The van der Waals surface area contributed by atoms with Crippen molar-refractivity contribution in [1.29, 1.82) is 0 Å². The second-order valence-electron chi connectivity index (χ2n) is 7.19. The molecule has 0 radical (unpaired) electrons. The van der Waals surface area contributed by atoms with Crippen LogP contribution in [0.4, 0.5) is 0 Å². The van der Waals surface area contributed by atoms with Gasteiger partial charge in [-0.25, -0.2) is 0 Å². The van der Waals surface area contributed by atoms with Gasteiger partial charge in [0.15, 0.2) is 11.5 Å². The highest BCUT2D eigenvalue weighted by Crippen LogP contribution is 2.26. The zero-order valence-corrected chi connectivity index (χ0v) is 17.2. The van der Waals surface area contributed by atoms with Crippen molar-refractivity contribution in [2.24, 2.45) is 0 Å². The molecule has 0 fully saturated rings. The number of nitrogens with one attached hydrogen (secondary N) is 1. The minimum atomic E-state index is -0.152. The summed E-state index contributed by atoms with van der Waals surface area (Å²) in [5.41, 5.74) is 5.44. The maximum atomic E-state index is 12.8. The van der Waals surface area contributed by atoms with Gasteiger partial charge in [-0.2, -0.15) is 0 Å². The topological polar surface area (TPSA) is 59.3 Å². The van der Waals surface area contributed by atoms with E-state index < -0.39 is 0 Å². The molecular formula is C23H21ClN4O. The first kappa shape index (κ1) is 19.2. The molecule has 1 amide bonds. The molecule has 0 saturated heterocycles. The molecule has 1 atom stereocenters. The van der Waals surface area contributed by atoms with Crippen molar-refractivity contribution >= 4 is 23.2 Å². The Kier molecular flexibility index (Phi) is 5.07. The Morgan fingerprint density at radius 2 is 1.83 bits per heavy atom. The third-order valence-electron chi connectivity index (χ3n) is 5.17. The summed E-state index contributed by atoms with van der Waals surface area (Å²) in [5.74, 6) is 0.488. The first-order valence-corrected chi connectivity index (χ1v) is 9.79. The number of halogens is 1. The number of amides is 1. The highest BCUT2D eigenvalue weighted by molar-refractivity contribution is 6.33. The standard InChI is InChI=1S/C23H21ClN4O/c1-14-8-9-17(12-15(14)2)16(3)25-23(29)18-10-11-28-21(13-18)26-27-22(28)19-6-4-5-7-20(19)24/h4-13,16H,1-3H3,(H,25,29)/t16-/m1/s1. The Morgan fingerprint density at radius 3 is 2.59 bits per heavy atom. The Morgan fingerprint density at radius 1 is 1.03 bits per heavy atom. The lowest BCUT2D eigenvalue weighted by molar-refractivity contribution is 0.0940. The van der Waals surface area contributed by atoms with Crippen LogP contribution in [0.3, 0.4) is 0 Å². The molecule has 5 nitrogen and oxygen atoms in total. The van der Waals surface area contributed by atoms with Crippen LogP contribution in [-0.2, 0) is 0 Å². The predicted octanol–water partition coefficient (Wildman–Crippen LogP) is 5.16.